The second kappa shape index (κ2) is 6.45. The zero-order chi connectivity index (χ0) is 17.4. The second-order valence-electron chi connectivity index (χ2n) is 6.71. The highest BCUT2D eigenvalue weighted by Gasteiger charge is 2.54. The van der Waals surface area contributed by atoms with Crippen LogP contribution in [0.3, 0.4) is 0 Å². The van der Waals surface area contributed by atoms with Gasteiger partial charge in [-0.05, 0) is 45.4 Å². The number of halogens is 1. The fraction of sp³-hybridized carbons (Fsp3) is 0.562. The van der Waals surface area contributed by atoms with Crippen LogP contribution in [-0.2, 0) is 18.8 Å². The quantitative estimate of drug-likeness (QED) is 0.636. The summed E-state index contributed by atoms with van der Waals surface area (Å²) in [6.45, 7) is 7.79. The maximum absolute atomic E-state index is 11.8. The Morgan fingerprint density at radius 3 is 2.35 bits per heavy atom. The molecule has 0 aromatic heterocycles. The van der Waals surface area contributed by atoms with Crippen LogP contribution in [0.5, 0.6) is 5.75 Å². The minimum absolute atomic E-state index is 0.0581. The molecule has 1 saturated heterocycles. The standard InChI is InChI=1S/C16H22BBrO5/c1-15(2)16(3,4)23-17(22-15)12(9-14(20)21-5)11-7-6-10(18)8-13(11)19/h6-8,12,19H,9H2,1-5H3. The van der Waals surface area contributed by atoms with Gasteiger partial charge in [-0.2, -0.15) is 0 Å². The number of methoxy groups -OCH3 is 1. The van der Waals surface area contributed by atoms with Crippen LogP contribution in [0.15, 0.2) is 22.7 Å². The molecule has 0 saturated carbocycles. The second-order valence-corrected chi connectivity index (χ2v) is 7.63. The summed E-state index contributed by atoms with van der Waals surface area (Å²) in [6, 6.07) is 5.16. The van der Waals surface area contributed by atoms with Crippen molar-refractivity contribution in [2.45, 2.75) is 51.1 Å². The minimum Gasteiger partial charge on any atom is -0.508 e. The van der Waals surface area contributed by atoms with Gasteiger partial charge in [0, 0.05) is 10.3 Å². The van der Waals surface area contributed by atoms with Gasteiger partial charge in [0.2, 0.25) is 0 Å². The molecule has 1 aliphatic heterocycles. The fourth-order valence-corrected chi connectivity index (χ4v) is 2.85. The number of hydrogen-bond acceptors (Lipinski definition) is 5. The summed E-state index contributed by atoms with van der Waals surface area (Å²) >= 11 is 3.32. The highest BCUT2D eigenvalue weighted by atomic mass is 79.9. The van der Waals surface area contributed by atoms with Crippen LogP contribution in [0.1, 0.15) is 45.5 Å². The molecule has 23 heavy (non-hydrogen) atoms. The third-order valence-electron chi connectivity index (χ3n) is 4.61. The average molecular weight is 385 g/mol. The number of aromatic hydroxyl groups is 1. The largest absolute Gasteiger partial charge is 0.508 e. The summed E-state index contributed by atoms with van der Waals surface area (Å²) in [5.74, 6) is -0.758. The van der Waals surface area contributed by atoms with E-state index in [4.69, 9.17) is 14.0 Å². The van der Waals surface area contributed by atoms with Crippen LogP contribution in [0.4, 0.5) is 0 Å². The molecule has 1 aliphatic rings. The van der Waals surface area contributed by atoms with Gasteiger partial charge in [0.15, 0.2) is 0 Å². The van der Waals surface area contributed by atoms with Gasteiger partial charge < -0.3 is 19.2 Å². The lowest BCUT2D eigenvalue weighted by Gasteiger charge is -2.32. The Hall–Kier alpha value is -1.05. The summed E-state index contributed by atoms with van der Waals surface area (Å²) in [6.07, 6.45) is 0.0581. The number of esters is 1. The molecule has 1 fully saturated rings. The SMILES string of the molecule is COC(=O)CC(B1OC(C)(C)C(C)(C)O1)c1ccc(Br)cc1O. The van der Waals surface area contributed by atoms with Gasteiger partial charge in [-0.3, -0.25) is 4.79 Å². The number of phenolic OH excluding ortho intramolecular Hbond substituents is 1. The van der Waals surface area contributed by atoms with Crippen molar-refractivity contribution in [2.75, 3.05) is 7.11 Å². The van der Waals surface area contributed by atoms with Crippen molar-refractivity contribution in [3.8, 4) is 5.75 Å². The first-order chi connectivity index (χ1) is 10.6. The van der Waals surface area contributed by atoms with E-state index in [9.17, 15) is 9.90 Å². The van der Waals surface area contributed by atoms with Crippen LogP contribution < -0.4 is 0 Å². The molecule has 1 aromatic rings. The van der Waals surface area contributed by atoms with E-state index in [1.807, 2.05) is 33.8 Å². The average Bonchev–Trinajstić information content (AvgIpc) is 2.65. The summed E-state index contributed by atoms with van der Waals surface area (Å²) in [7, 11) is 0.691. The lowest BCUT2D eigenvalue weighted by Crippen LogP contribution is -2.41. The molecule has 1 unspecified atom stereocenters. The van der Waals surface area contributed by atoms with Gasteiger partial charge in [-0.25, -0.2) is 0 Å². The van der Waals surface area contributed by atoms with Crippen molar-refractivity contribution in [3.05, 3.63) is 28.2 Å². The van der Waals surface area contributed by atoms with E-state index in [1.54, 1.807) is 12.1 Å². The normalized spacial score (nSPS) is 20.3. The van der Waals surface area contributed by atoms with E-state index >= 15 is 0 Å². The summed E-state index contributed by atoms with van der Waals surface area (Å²) in [5.41, 5.74) is -0.439. The van der Waals surface area contributed by atoms with E-state index in [1.165, 1.54) is 7.11 Å². The molecule has 0 aliphatic carbocycles. The smallest absolute Gasteiger partial charge is 0.466 e. The van der Waals surface area contributed by atoms with Crippen molar-refractivity contribution < 1.29 is 23.9 Å². The number of carbonyl (C=O) groups is 1. The Kier molecular flexibility index (Phi) is 5.13. The summed E-state index contributed by atoms with van der Waals surface area (Å²) in [5, 5.41) is 10.3. The monoisotopic (exact) mass is 384 g/mol. The predicted octanol–water partition coefficient (Wildman–Crippen LogP) is 3.43. The Balaban J connectivity index is 2.38. The maximum atomic E-state index is 11.8. The third kappa shape index (κ3) is 3.73. The van der Waals surface area contributed by atoms with Crippen LogP contribution in [0.25, 0.3) is 0 Å². The zero-order valence-electron chi connectivity index (χ0n) is 14.1. The summed E-state index contributed by atoms with van der Waals surface area (Å²) in [4.78, 5) is 11.8. The number of rotatable bonds is 4. The maximum Gasteiger partial charge on any atom is 0.466 e. The van der Waals surface area contributed by atoms with E-state index in [2.05, 4.69) is 15.9 Å². The lowest BCUT2D eigenvalue weighted by atomic mass is 9.66. The Morgan fingerprint density at radius 2 is 1.87 bits per heavy atom. The third-order valence-corrected chi connectivity index (χ3v) is 5.10. The van der Waals surface area contributed by atoms with Crippen LogP contribution in [-0.4, -0.2) is 36.5 Å². The van der Waals surface area contributed by atoms with Gasteiger partial charge in [0.1, 0.15) is 5.75 Å². The Labute approximate surface area is 145 Å². The molecule has 0 amide bonds. The Morgan fingerprint density at radius 1 is 1.30 bits per heavy atom. The molecule has 5 nitrogen and oxygen atoms in total. The van der Waals surface area contributed by atoms with E-state index in [-0.39, 0.29) is 18.1 Å². The van der Waals surface area contributed by atoms with Gasteiger partial charge in [0.25, 0.3) is 0 Å². The topological polar surface area (TPSA) is 65.0 Å². The molecular formula is C16H22BBrO5. The molecular weight excluding hydrogens is 363 g/mol. The predicted molar refractivity (Wildman–Crippen MR) is 91.3 cm³/mol. The molecule has 0 spiro atoms. The van der Waals surface area contributed by atoms with Crippen molar-refractivity contribution in [3.63, 3.8) is 0 Å². The van der Waals surface area contributed by atoms with Crippen molar-refractivity contribution in [1.82, 2.24) is 0 Å². The van der Waals surface area contributed by atoms with E-state index in [0.29, 0.717) is 5.56 Å². The molecule has 0 radical (unpaired) electrons. The van der Waals surface area contributed by atoms with Gasteiger partial charge in [0.05, 0.1) is 24.7 Å². The van der Waals surface area contributed by atoms with Crippen LogP contribution in [0, 0.1) is 0 Å². The number of phenols is 1. The summed E-state index contributed by atoms with van der Waals surface area (Å²) < 4.78 is 17.7. The first-order valence-corrected chi connectivity index (χ1v) is 8.27. The molecule has 1 heterocycles. The molecule has 0 bridgehead atoms. The highest BCUT2D eigenvalue weighted by molar-refractivity contribution is 9.10. The number of hydrogen-bond donors (Lipinski definition) is 1. The van der Waals surface area contributed by atoms with Crippen molar-refractivity contribution in [1.29, 1.82) is 0 Å². The zero-order valence-corrected chi connectivity index (χ0v) is 15.6. The first-order valence-electron chi connectivity index (χ1n) is 7.48. The van der Waals surface area contributed by atoms with Crippen molar-refractivity contribution in [2.24, 2.45) is 0 Å². The van der Waals surface area contributed by atoms with Gasteiger partial charge in [-0.1, -0.05) is 22.0 Å². The number of benzene rings is 1. The van der Waals surface area contributed by atoms with E-state index in [0.717, 1.165) is 4.47 Å². The fourth-order valence-electron chi connectivity index (χ4n) is 2.50. The van der Waals surface area contributed by atoms with Crippen molar-refractivity contribution >= 4 is 29.0 Å². The first kappa shape index (κ1) is 18.3. The molecule has 1 atom stereocenters. The van der Waals surface area contributed by atoms with Crippen LogP contribution >= 0.6 is 15.9 Å². The number of carbonyl (C=O) groups excluding carboxylic acids is 1. The molecule has 2 rings (SSSR count). The van der Waals surface area contributed by atoms with Gasteiger partial charge in [-0.15, -0.1) is 0 Å². The van der Waals surface area contributed by atoms with Gasteiger partial charge >= 0.3 is 13.1 Å². The molecule has 126 valence electrons. The lowest BCUT2D eigenvalue weighted by molar-refractivity contribution is -0.140. The minimum atomic E-state index is -0.647. The Bertz CT molecular complexity index is 586. The van der Waals surface area contributed by atoms with Crippen LogP contribution in [0.2, 0.25) is 0 Å². The van der Waals surface area contributed by atoms with E-state index < -0.39 is 24.1 Å². The molecule has 1 aromatic carbocycles. The molecule has 7 heteroatoms. The molecule has 1 N–H and O–H groups in total. The highest BCUT2D eigenvalue weighted by Crippen LogP contribution is 2.43. The number of ether oxygens (including phenoxy) is 1.